The van der Waals surface area contributed by atoms with Crippen LogP contribution in [-0.2, 0) is 12.2 Å². The minimum Gasteiger partial charge on any atom is -0.493 e. The monoisotopic (exact) mass is 316 g/mol. The Kier molecular flexibility index (Phi) is 4.39. The van der Waals surface area contributed by atoms with Crippen molar-refractivity contribution in [2.24, 2.45) is 0 Å². The van der Waals surface area contributed by atoms with Crippen LogP contribution < -0.4 is 4.74 Å². The van der Waals surface area contributed by atoms with Crippen molar-refractivity contribution < 1.29 is 9.84 Å². The van der Waals surface area contributed by atoms with Crippen LogP contribution in [0.3, 0.4) is 0 Å². The highest BCUT2D eigenvalue weighted by molar-refractivity contribution is 9.10. The maximum Gasteiger partial charge on any atom is 0.126 e. The first-order chi connectivity index (χ1) is 8.08. The van der Waals surface area contributed by atoms with Crippen molar-refractivity contribution in [2.45, 2.75) is 37.4 Å². The predicted octanol–water partition coefficient (Wildman–Crippen LogP) is 3.39. The van der Waals surface area contributed by atoms with Crippen molar-refractivity contribution in [1.29, 1.82) is 0 Å². The fraction of sp³-hybridized carbons (Fsp3) is 0.538. The molecule has 2 atom stereocenters. The SMILES string of the molecule is CC(O)C(C)SCc1cc(Br)cc2c1OCC2. The van der Waals surface area contributed by atoms with Crippen LogP contribution in [0.25, 0.3) is 0 Å². The molecule has 0 aromatic heterocycles. The van der Waals surface area contributed by atoms with Gasteiger partial charge in [0, 0.05) is 27.5 Å². The van der Waals surface area contributed by atoms with Gasteiger partial charge in [-0.1, -0.05) is 22.9 Å². The summed E-state index contributed by atoms with van der Waals surface area (Å²) in [6, 6.07) is 4.25. The Morgan fingerprint density at radius 3 is 2.94 bits per heavy atom. The molecule has 17 heavy (non-hydrogen) atoms. The second-order valence-corrected chi connectivity index (χ2v) is 6.69. The first-order valence-electron chi connectivity index (χ1n) is 5.81. The zero-order valence-electron chi connectivity index (χ0n) is 10.1. The first kappa shape index (κ1) is 13.2. The Morgan fingerprint density at radius 1 is 1.47 bits per heavy atom. The van der Waals surface area contributed by atoms with E-state index in [1.807, 2.05) is 6.92 Å². The van der Waals surface area contributed by atoms with Gasteiger partial charge in [0.05, 0.1) is 12.7 Å². The van der Waals surface area contributed by atoms with E-state index in [1.165, 1.54) is 11.1 Å². The van der Waals surface area contributed by atoms with Crippen LogP contribution in [0, 0.1) is 0 Å². The molecule has 0 saturated carbocycles. The maximum absolute atomic E-state index is 9.49. The van der Waals surface area contributed by atoms with Crippen LogP contribution >= 0.6 is 27.7 Å². The van der Waals surface area contributed by atoms with Crippen molar-refractivity contribution >= 4 is 27.7 Å². The van der Waals surface area contributed by atoms with Crippen molar-refractivity contribution in [2.75, 3.05) is 6.61 Å². The van der Waals surface area contributed by atoms with E-state index in [0.717, 1.165) is 29.0 Å². The third-order valence-corrected chi connectivity index (χ3v) is 4.86. The lowest BCUT2D eigenvalue weighted by atomic mass is 10.1. The van der Waals surface area contributed by atoms with Gasteiger partial charge in [-0.3, -0.25) is 0 Å². The topological polar surface area (TPSA) is 29.5 Å². The summed E-state index contributed by atoms with van der Waals surface area (Å²) in [6.45, 7) is 4.67. The normalized spacial score (nSPS) is 17.4. The molecule has 1 N–H and O–H groups in total. The van der Waals surface area contributed by atoms with Crippen LogP contribution in [-0.4, -0.2) is 23.1 Å². The summed E-state index contributed by atoms with van der Waals surface area (Å²) in [6.07, 6.45) is 0.722. The lowest BCUT2D eigenvalue weighted by molar-refractivity contribution is 0.196. The van der Waals surface area contributed by atoms with E-state index in [4.69, 9.17) is 4.74 Å². The van der Waals surface area contributed by atoms with Crippen LogP contribution in [0.5, 0.6) is 5.75 Å². The van der Waals surface area contributed by atoms with Crippen LogP contribution in [0.2, 0.25) is 0 Å². The molecule has 0 aliphatic carbocycles. The van der Waals surface area contributed by atoms with Gasteiger partial charge < -0.3 is 9.84 Å². The number of halogens is 1. The molecule has 2 unspecified atom stereocenters. The Balaban J connectivity index is 2.11. The first-order valence-corrected chi connectivity index (χ1v) is 7.66. The molecule has 1 aliphatic heterocycles. The number of aliphatic hydroxyl groups is 1. The average Bonchev–Trinajstić information content (AvgIpc) is 2.72. The molecule has 0 bridgehead atoms. The van der Waals surface area contributed by atoms with E-state index in [1.54, 1.807) is 11.8 Å². The summed E-state index contributed by atoms with van der Waals surface area (Å²) in [7, 11) is 0. The summed E-state index contributed by atoms with van der Waals surface area (Å²) < 4.78 is 6.79. The zero-order valence-corrected chi connectivity index (χ0v) is 12.5. The van der Waals surface area contributed by atoms with Crippen molar-refractivity contribution in [3.05, 3.63) is 27.7 Å². The summed E-state index contributed by atoms with van der Waals surface area (Å²) in [5, 5.41) is 9.73. The van der Waals surface area contributed by atoms with Crippen molar-refractivity contribution in [1.82, 2.24) is 0 Å². The summed E-state index contributed by atoms with van der Waals surface area (Å²) >= 11 is 5.30. The molecule has 0 saturated heterocycles. The van der Waals surface area contributed by atoms with Gasteiger partial charge in [0.15, 0.2) is 0 Å². The molecule has 0 fully saturated rings. The molecule has 0 radical (unpaired) electrons. The van der Waals surface area contributed by atoms with Gasteiger partial charge in [-0.15, -0.1) is 0 Å². The minimum atomic E-state index is -0.277. The van der Waals surface area contributed by atoms with Gasteiger partial charge in [-0.05, 0) is 24.6 Å². The molecule has 2 nitrogen and oxygen atoms in total. The van der Waals surface area contributed by atoms with Crippen LogP contribution in [0.4, 0.5) is 0 Å². The van der Waals surface area contributed by atoms with Gasteiger partial charge in [0.25, 0.3) is 0 Å². The Labute approximate surface area is 115 Å². The largest absolute Gasteiger partial charge is 0.493 e. The predicted molar refractivity (Wildman–Crippen MR) is 75.8 cm³/mol. The van der Waals surface area contributed by atoms with Crippen LogP contribution in [0.1, 0.15) is 25.0 Å². The Hall–Kier alpha value is -0.190. The van der Waals surface area contributed by atoms with Gasteiger partial charge in [0.2, 0.25) is 0 Å². The molecule has 1 aromatic carbocycles. The highest BCUT2D eigenvalue weighted by atomic mass is 79.9. The van der Waals surface area contributed by atoms with E-state index in [-0.39, 0.29) is 11.4 Å². The van der Waals surface area contributed by atoms with E-state index < -0.39 is 0 Å². The molecule has 4 heteroatoms. The number of fused-ring (bicyclic) bond motifs is 1. The van der Waals surface area contributed by atoms with Gasteiger partial charge in [-0.2, -0.15) is 11.8 Å². The van der Waals surface area contributed by atoms with Gasteiger partial charge >= 0.3 is 0 Å². The smallest absolute Gasteiger partial charge is 0.126 e. The third kappa shape index (κ3) is 3.18. The van der Waals surface area contributed by atoms with E-state index in [2.05, 4.69) is 35.0 Å². The lowest BCUT2D eigenvalue weighted by Gasteiger charge is -2.15. The second-order valence-electron chi connectivity index (χ2n) is 4.41. The minimum absolute atomic E-state index is 0.242. The number of rotatable bonds is 4. The maximum atomic E-state index is 9.49. The number of benzene rings is 1. The van der Waals surface area contributed by atoms with E-state index in [0.29, 0.717) is 0 Å². The summed E-state index contributed by atoms with van der Waals surface area (Å²) in [4.78, 5) is 0. The molecular formula is C13H17BrO2S. The number of ether oxygens (including phenoxy) is 1. The molecule has 0 amide bonds. The van der Waals surface area contributed by atoms with Gasteiger partial charge in [-0.25, -0.2) is 0 Å². The summed E-state index contributed by atoms with van der Waals surface area (Å²) in [5.74, 6) is 1.94. The molecule has 94 valence electrons. The number of hydrogen-bond acceptors (Lipinski definition) is 3. The summed E-state index contributed by atoms with van der Waals surface area (Å²) in [5.41, 5.74) is 2.52. The quantitative estimate of drug-likeness (QED) is 0.923. The fourth-order valence-electron chi connectivity index (χ4n) is 1.81. The highest BCUT2D eigenvalue weighted by Crippen LogP contribution is 2.35. The molecular weight excluding hydrogens is 300 g/mol. The Morgan fingerprint density at radius 2 is 2.24 bits per heavy atom. The van der Waals surface area contributed by atoms with Crippen LogP contribution in [0.15, 0.2) is 16.6 Å². The standard InChI is InChI=1S/C13H17BrO2S/c1-8(15)9(2)17-7-11-6-12(14)5-10-3-4-16-13(10)11/h5-6,8-9,15H,3-4,7H2,1-2H3. The van der Waals surface area contributed by atoms with Crippen molar-refractivity contribution in [3.8, 4) is 5.75 Å². The third-order valence-electron chi connectivity index (χ3n) is 3.01. The molecule has 1 heterocycles. The number of thioether (sulfide) groups is 1. The number of aliphatic hydroxyl groups excluding tert-OH is 1. The van der Waals surface area contributed by atoms with Gasteiger partial charge in [0.1, 0.15) is 5.75 Å². The highest BCUT2D eigenvalue weighted by Gasteiger charge is 2.18. The van der Waals surface area contributed by atoms with Crippen molar-refractivity contribution in [3.63, 3.8) is 0 Å². The fourth-order valence-corrected chi connectivity index (χ4v) is 3.30. The number of hydrogen-bond donors (Lipinski definition) is 1. The van der Waals surface area contributed by atoms with E-state index in [9.17, 15) is 5.11 Å². The lowest BCUT2D eigenvalue weighted by Crippen LogP contribution is -2.15. The molecule has 1 aliphatic rings. The zero-order chi connectivity index (χ0) is 12.4. The average molecular weight is 317 g/mol. The second kappa shape index (κ2) is 5.63. The van der Waals surface area contributed by atoms with E-state index >= 15 is 0 Å². The Bertz CT molecular complexity index is 407. The molecule has 0 spiro atoms. The molecule has 1 aromatic rings. The molecule has 2 rings (SSSR count).